The summed E-state index contributed by atoms with van der Waals surface area (Å²) in [6, 6.07) is 0. The highest BCUT2D eigenvalue weighted by atomic mass is 16.5. The van der Waals surface area contributed by atoms with Gasteiger partial charge in [-0.05, 0) is 6.92 Å². The fourth-order valence-corrected chi connectivity index (χ4v) is 1.80. The Morgan fingerprint density at radius 1 is 1.42 bits per heavy atom. The first-order chi connectivity index (χ1) is 9.22. The van der Waals surface area contributed by atoms with E-state index in [0.29, 0.717) is 36.3 Å². The molecule has 98 valence electrons. The first-order valence-corrected chi connectivity index (χ1v) is 5.84. The molecule has 0 radical (unpaired) electrons. The number of nitrogens with zero attached hydrogens (tertiary/aromatic N) is 5. The third-order valence-electron chi connectivity index (χ3n) is 2.59. The van der Waals surface area contributed by atoms with E-state index in [2.05, 4.69) is 25.4 Å². The lowest BCUT2D eigenvalue weighted by molar-refractivity contribution is 0.377. The number of aromatic nitrogens is 5. The molecule has 0 aliphatic heterocycles. The van der Waals surface area contributed by atoms with Crippen LogP contribution < -0.4 is 11.1 Å². The van der Waals surface area contributed by atoms with Gasteiger partial charge in [0.15, 0.2) is 17.3 Å². The Morgan fingerprint density at radius 3 is 3.11 bits per heavy atom. The topological polar surface area (TPSA) is 107 Å². The smallest absolute Gasteiger partial charge is 0.228 e. The minimum atomic E-state index is 0.432. The molecular weight excluding hydrogens is 246 g/mol. The highest BCUT2D eigenvalue weighted by Crippen LogP contribution is 2.14. The number of rotatable bonds is 4. The summed E-state index contributed by atoms with van der Waals surface area (Å²) in [5, 5.41) is 6.90. The first-order valence-electron chi connectivity index (χ1n) is 5.84. The highest BCUT2D eigenvalue weighted by molar-refractivity contribution is 5.64. The summed E-state index contributed by atoms with van der Waals surface area (Å²) < 4.78 is 6.85. The predicted octanol–water partition coefficient (Wildman–Crippen LogP) is 0.658. The van der Waals surface area contributed by atoms with Crippen molar-refractivity contribution in [3.05, 3.63) is 30.3 Å². The van der Waals surface area contributed by atoms with Gasteiger partial charge in [-0.3, -0.25) is 0 Å². The van der Waals surface area contributed by atoms with E-state index in [4.69, 9.17) is 10.3 Å². The summed E-state index contributed by atoms with van der Waals surface area (Å²) in [6.07, 6.45) is 5.85. The Kier molecular flexibility index (Phi) is 2.75. The van der Waals surface area contributed by atoms with E-state index in [9.17, 15) is 0 Å². The van der Waals surface area contributed by atoms with Crippen LogP contribution in [0.5, 0.6) is 0 Å². The molecule has 3 rings (SSSR count). The molecule has 0 spiro atoms. The van der Waals surface area contributed by atoms with Crippen LogP contribution in [-0.4, -0.2) is 31.1 Å². The lowest BCUT2D eigenvalue weighted by Gasteiger charge is -2.06. The van der Waals surface area contributed by atoms with Crippen LogP contribution in [0.4, 0.5) is 11.6 Å². The van der Waals surface area contributed by atoms with Crippen molar-refractivity contribution in [2.75, 3.05) is 17.6 Å². The average molecular weight is 259 g/mol. The summed E-state index contributed by atoms with van der Waals surface area (Å²) in [7, 11) is 0. The summed E-state index contributed by atoms with van der Waals surface area (Å²) in [4.78, 5) is 12.6. The Morgan fingerprint density at radius 2 is 2.32 bits per heavy atom. The highest BCUT2D eigenvalue weighted by Gasteiger charge is 2.07. The second-order valence-electron chi connectivity index (χ2n) is 4.08. The maximum atomic E-state index is 5.73. The lowest BCUT2D eigenvalue weighted by atomic mass is 10.4. The number of nitrogens with one attached hydrogen (secondary N) is 1. The fraction of sp³-hybridized carbons (Fsp3) is 0.273. The van der Waals surface area contributed by atoms with Gasteiger partial charge in [0.1, 0.15) is 5.82 Å². The van der Waals surface area contributed by atoms with E-state index < -0.39 is 0 Å². The minimum Gasteiger partial charge on any atom is -0.382 e. The molecule has 0 saturated heterocycles. The number of fused-ring (bicyclic) bond motifs is 1. The van der Waals surface area contributed by atoms with Gasteiger partial charge < -0.3 is 20.0 Å². The lowest BCUT2D eigenvalue weighted by Crippen LogP contribution is -2.09. The van der Waals surface area contributed by atoms with Crippen molar-refractivity contribution in [2.24, 2.45) is 0 Å². The summed E-state index contributed by atoms with van der Waals surface area (Å²) in [5.74, 6) is 2.30. The van der Waals surface area contributed by atoms with Crippen molar-refractivity contribution in [1.29, 1.82) is 0 Å². The van der Waals surface area contributed by atoms with Crippen molar-refractivity contribution in [2.45, 2.75) is 13.3 Å². The fourth-order valence-electron chi connectivity index (χ4n) is 1.80. The van der Waals surface area contributed by atoms with Gasteiger partial charge in [0.05, 0.1) is 6.20 Å². The predicted molar refractivity (Wildman–Crippen MR) is 68.6 cm³/mol. The van der Waals surface area contributed by atoms with Crippen LogP contribution in [0.15, 0.2) is 23.1 Å². The van der Waals surface area contributed by atoms with Gasteiger partial charge in [-0.15, -0.1) is 0 Å². The molecule has 3 heterocycles. The van der Waals surface area contributed by atoms with E-state index in [1.807, 2.05) is 10.6 Å². The maximum Gasteiger partial charge on any atom is 0.228 e. The van der Waals surface area contributed by atoms with Crippen LogP contribution in [-0.2, 0) is 6.42 Å². The molecule has 19 heavy (non-hydrogen) atoms. The van der Waals surface area contributed by atoms with Gasteiger partial charge in [0.25, 0.3) is 0 Å². The third-order valence-corrected chi connectivity index (χ3v) is 2.59. The van der Waals surface area contributed by atoms with Gasteiger partial charge in [0.2, 0.25) is 5.89 Å². The Balaban J connectivity index is 1.73. The molecular formula is C11H13N7O. The number of anilines is 2. The van der Waals surface area contributed by atoms with Crippen molar-refractivity contribution in [3.63, 3.8) is 0 Å². The van der Waals surface area contributed by atoms with Crippen LogP contribution in [0.3, 0.4) is 0 Å². The molecule has 0 aromatic carbocycles. The molecule has 0 amide bonds. The van der Waals surface area contributed by atoms with Crippen molar-refractivity contribution in [1.82, 2.24) is 24.5 Å². The van der Waals surface area contributed by atoms with Crippen molar-refractivity contribution < 1.29 is 4.52 Å². The molecule has 0 saturated carbocycles. The summed E-state index contributed by atoms with van der Waals surface area (Å²) in [5.41, 5.74) is 6.46. The number of aryl methyl sites for hydroxylation is 1. The molecule has 0 bridgehead atoms. The van der Waals surface area contributed by atoms with Crippen LogP contribution in [0.1, 0.15) is 11.7 Å². The average Bonchev–Trinajstić information content (AvgIpc) is 2.98. The zero-order chi connectivity index (χ0) is 13.2. The monoisotopic (exact) mass is 259 g/mol. The van der Waals surface area contributed by atoms with Crippen LogP contribution >= 0.6 is 0 Å². The molecule has 0 aliphatic carbocycles. The normalized spacial score (nSPS) is 11.0. The number of nitrogens with two attached hydrogens (primary N) is 1. The quantitative estimate of drug-likeness (QED) is 0.708. The van der Waals surface area contributed by atoms with E-state index in [0.717, 1.165) is 5.65 Å². The van der Waals surface area contributed by atoms with Crippen molar-refractivity contribution in [3.8, 4) is 0 Å². The summed E-state index contributed by atoms with van der Waals surface area (Å²) in [6.45, 7) is 2.40. The molecule has 8 heteroatoms. The molecule has 0 atom stereocenters. The zero-order valence-corrected chi connectivity index (χ0v) is 10.4. The Labute approximate surface area is 108 Å². The molecule has 3 aromatic heterocycles. The number of imidazole rings is 1. The number of hydrogen-bond donors (Lipinski definition) is 2. The van der Waals surface area contributed by atoms with Crippen LogP contribution in [0.25, 0.3) is 5.65 Å². The van der Waals surface area contributed by atoms with E-state index in [1.165, 1.54) is 0 Å². The van der Waals surface area contributed by atoms with Gasteiger partial charge in [-0.1, -0.05) is 5.16 Å². The standard InChI is InChI=1S/C11H13N7O/c1-7-15-9(19-17-7)2-3-13-10-11-14-4-5-18(11)6-8(12)16-10/h4-6H,2-3,12H2,1H3,(H,13,16). The molecule has 0 aliphatic rings. The Bertz CT molecular complexity index is 702. The van der Waals surface area contributed by atoms with Gasteiger partial charge >= 0.3 is 0 Å². The van der Waals surface area contributed by atoms with Crippen LogP contribution in [0.2, 0.25) is 0 Å². The van der Waals surface area contributed by atoms with E-state index >= 15 is 0 Å². The SMILES string of the molecule is Cc1noc(CCNc2nc(N)cn3ccnc23)n1. The van der Waals surface area contributed by atoms with Crippen molar-refractivity contribution >= 4 is 17.3 Å². The second-order valence-corrected chi connectivity index (χ2v) is 4.08. The number of hydrogen-bond acceptors (Lipinski definition) is 7. The molecule has 8 nitrogen and oxygen atoms in total. The molecule has 3 N–H and O–H groups in total. The van der Waals surface area contributed by atoms with Gasteiger partial charge in [0, 0.05) is 25.4 Å². The number of nitrogen functional groups attached to an aromatic ring is 1. The molecule has 0 unspecified atom stereocenters. The van der Waals surface area contributed by atoms with E-state index in [1.54, 1.807) is 19.3 Å². The first kappa shape index (κ1) is 11.5. The molecule has 0 fully saturated rings. The minimum absolute atomic E-state index is 0.432. The maximum absolute atomic E-state index is 5.73. The Hall–Kier alpha value is -2.64. The second kappa shape index (κ2) is 4.56. The van der Waals surface area contributed by atoms with Gasteiger partial charge in [-0.2, -0.15) is 4.98 Å². The molecule has 3 aromatic rings. The van der Waals surface area contributed by atoms with E-state index in [-0.39, 0.29) is 0 Å². The zero-order valence-electron chi connectivity index (χ0n) is 10.4. The largest absolute Gasteiger partial charge is 0.382 e. The van der Waals surface area contributed by atoms with Crippen LogP contribution in [0, 0.1) is 6.92 Å². The summed E-state index contributed by atoms with van der Waals surface area (Å²) >= 11 is 0. The van der Waals surface area contributed by atoms with Gasteiger partial charge in [-0.25, -0.2) is 9.97 Å². The third kappa shape index (κ3) is 2.32.